The highest BCUT2D eigenvalue weighted by atomic mass is 32.2. The fourth-order valence-corrected chi connectivity index (χ4v) is 7.51. The van der Waals surface area contributed by atoms with Crippen molar-refractivity contribution >= 4 is 37.1 Å². The monoisotopic (exact) mass is 428 g/mol. The molecule has 1 atom stereocenters. The quantitative estimate of drug-likeness (QED) is 0.789. The normalized spacial score (nSPS) is 19.1. The fourth-order valence-electron chi connectivity index (χ4n) is 3.29. The van der Waals surface area contributed by atoms with Crippen LogP contribution in [0, 0.1) is 19.8 Å². The molecule has 0 bridgehead atoms. The number of thiophene rings is 1. The first-order valence-corrected chi connectivity index (χ1v) is 12.5. The van der Waals surface area contributed by atoms with Crippen LogP contribution in [-0.4, -0.2) is 34.2 Å². The van der Waals surface area contributed by atoms with Gasteiger partial charge in [-0.3, -0.25) is 4.72 Å². The first kappa shape index (κ1) is 20.3. The molecule has 6 nitrogen and oxygen atoms in total. The molecule has 0 spiro atoms. The Hall–Kier alpha value is -1.42. The van der Waals surface area contributed by atoms with Crippen molar-refractivity contribution in [2.45, 2.75) is 43.4 Å². The van der Waals surface area contributed by atoms with Crippen molar-refractivity contribution in [2.24, 2.45) is 5.92 Å². The maximum Gasteiger partial charge on any atom is 0.262 e. The summed E-state index contributed by atoms with van der Waals surface area (Å²) in [6.45, 7) is 6.72. The van der Waals surface area contributed by atoms with Gasteiger partial charge in [-0.2, -0.15) is 4.31 Å². The summed E-state index contributed by atoms with van der Waals surface area (Å²) in [7, 11) is -7.25. The van der Waals surface area contributed by atoms with E-state index in [1.807, 2.05) is 13.8 Å². The third kappa shape index (κ3) is 4.37. The lowest BCUT2D eigenvalue weighted by atomic mass is 10.0. The number of hydrogen-bond acceptors (Lipinski definition) is 5. The number of aryl methyl sites for hydroxylation is 2. The molecule has 1 fully saturated rings. The van der Waals surface area contributed by atoms with Crippen molar-refractivity contribution in [3.8, 4) is 0 Å². The molecule has 0 amide bonds. The van der Waals surface area contributed by atoms with Crippen molar-refractivity contribution in [1.29, 1.82) is 0 Å². The van der Waals surface area contributed by atoms with Crippen LogP contribution >= 0.6 is 11.3 Å². The second-order valence-electron chi connectivity index (χ2n) is 7.02. The van der Waals surface area contributed by atoms with E-state index in [0.29, 0.717) is 24.7 Å². The number of benzene rings is 1. The molecule has 0 saturated carbocycles. The van der Waals surface area contributed by atoms with Gasteiger partial charge in [-0.05, 0) is 62.9 Å². The Balaban J connectivity index is 1.80. The summed E-state index contributed by atoms with van der Waals surface area (Å²) in [4.78, 5) is 2.08. The Labute approximate surface area is 165 Å². The van der Waals surface area contributed by atoms with Crippen LogP contribution in [0.5, 0.6) is 0 Å². The highest BCUT2D eigenvalue weighted by Gasteiger charge is 2.28. The Morgan fingerprint density at radius 3 is 2.33 bits per heavy atom. The second kappa shape index (κ2) is 7.54. The van der Waals surface area contributed by atoms with Crippen LogP contribution in [0.1, 0.15) is 29.5 Å². The standard InChI is InChI=1S/C18H24N2O4S3/c1-13-5-4-10-20(12-13)27(23,24)17-8-6-16(7-9-17)19-26(21,22)18-11-14(2)25-15(18)3/h6-9,11,13,19H,4-5,10,12H2,1-3H3/t13-/m0/s1. The summed E-state index contributed by atoms with van der Waals surface area (Å²) in [6, 6.07) is 7.54. The topological polar surface area (TPSA) is 83.5 Å². The van der Waals surface area contributed by atoms with E-state index in [2.05, 4.69) is 4.72 Å². The molecule has 2 heterocycles. The van der Waals surface area contributed by atoms with E-state index in [0.717, 1.165) is 22.6 Å². The molecule has 0 aliphatic carbocycles. The van der Waals surface area contributed by atoms with Gasteiger partial charge < -0.3 is 0 Å². The van der Waals surface area contributed by atoms with Crippen molar-refractivity contribution in [1.82, 2.24) is 4.31 Å². The van der Waals surface area contributed by atoms with Crippen LogP contribution in [0.2, 0.25) is 0 Å². The molecule has 27 heavy (non-hydrogen) atoms. The number of anilines is 1. The highest BCUT2D eigenvalue weighted by Crippen LogP contribution is 2.28. The first-order chi connectivity index (χ1) is 12.6. The molecule has 1 aromatic heterocycles. The number of rotatable bonds is 5. The third-order valence-corrected chi connectivity index (χ3v) is 9.13. The van der Waals surface area contributed by atoms with E-state index in [4.69, 9.17) is 0 Å². The molecule has 1 aliphatic rings. The van der Waals surface area contributed by atoms with Gasteiger partial charge >= 0.3 is 0 Å². The zero-order valence-corrected chi connectivity index (χ0v) is 18.0. The molecular weight excluding hydrogens is 404 g/mol. The highest BCUT2D eigenvalue weighted by molar-refractivity contribution is 7.93. The van der Waals surface area contributed by atoms with Gasteiger partial charge in [-0.15, -0.1) is 11.3 Å². The van der Waals surface area contributed by atoms with E-state index in [1.54, 1.807) is 13.0 Å². The summed E-state index contributed by atoms with van der Waals surface area (Å²) in [6.07, 6.45) is 1.89. The first-order valence-electron chi connectivity index (χ1n) is 8.79. The maximum absolute atomic E-state index is 12.8. The summed E-state index contributed by atoms with van der Waals surface area (Å²) in [5.41, 5.74) is 0.337. The zero-order chi connectivity index (χ0) is 19.8. The van der Waals surface area contributed by atoms with Gasteiger partial charge in [0.1, 0.15) is 4.90 Å². The number of hydrogen-bond donors (Lipinski definition) is 1. The van der Waals surface area contributed by atoms with E-state index in [-0.39, 0.29) is 9.79 Å². The van der Waals surface area contributed by atoms with Gasteiger partial charge in [0.25, 0.3) is 10.0 Å². The lowest BCUT2D eigenvalue weighted by molar-refractivity contribution is 0.281. The van der Waals surface area contributed by atoms with Crippen LogP contribution in [0.3, 0.4) is 0 Å². The van der Waals surface area contributed by atoms with Crippen LogP contribution in [-0.2, 0) is 20.0 Å². The fraction of sp³-hybridized carbons (Fsp3) is 0.444. The summed E-state index contributed by atoms with van der Waals surface area (Å²) in [5, 5.41) is 0. The van der Waals surface area contributed by atoms with Crippen LogP contribution in [0.25, 0.3) is 0 Å². The molecular formula is C18H24N2O4S3. The Morgan fingerprint density at radius 2 is 1.78 bits per heavy atom. The van der Waals surface area contributed by atoms with Gasteiger partial charge in [-0.1, -0.05) is 6.92 Å². The average Bonchev–Trinajstić information content (AvgIpc) is 2.94. The third-order valence-electron chi connectivity index (χ3n) is 4.65. The van der Waals surface area contributed by atoms with Crippen molar-refractivity contribution < 1.29 is 16.8 Å². The van der Waals surface area contributed by atoms with Gasteiger partial charge in [0.2, 0.25) is 10.0 Å². The van der Waals surface area contributed by atoms with Gasteiger partial charge in [0, 0.05) is 28.5 Å². The molecule has 148 valence electrons. The molecule has 9 heteroatoms. The Kier molecular flexibility index (Phi) is 5.67. The van der Waals surface area contributed by atoms with Crippen molar-refractivity contribution in [3.05, 3.63) is 40.1 Å². The van der Waals surface area contributed by atoms with E-state index >= 15 is 0 Å². The molecule has 1 saturated heterocycles. The Bertz CT molecular complexity index is 1030. The second-order valence-corrected chi connectivity index (χ2v) is 12.1. The number of sulfonamides is 2. The van der Waals surface area contributed by atoms with Gasteiger partial charge in [0.05, 0.1) is 4.90 Å². The molecule has 0 radical (unpaired) electrons. The summed E-state index contributed by atoms with van der Waals surface area (Å²) >= 11 is 1.42. The molecule has 1 aromatic carbocycles. The minimum absolute atomic E-state index is 0.183. The van der Waals surface area contributed by atoms with Gasteiger partial charge in [-0.25, -0.2) is 16.8 Å². The van der Waals surface area contributed by atoms with Crippen molar-refractivity contribution in [3.63, 3.8) is 0 Å². The largest absolute Gasteiger partial charge is 0.280 e. The number of nitrogens with one attached hydrogen (secondary N) is 1. The van der Waals surface area contributed by atoms with E-state index < -0.39 is 20.0 Å². The van der Waals surface area contributed by atoms with Crippen LogP contribution < -0.4 is 4.72 Å². The van der Waals surface area contributed by atoms with Crippen molar-refractivity contribution in [2.75, 3.05) is 17.8 Å². The maximum atomic E-state index is 12.8. The Morgan fingerprint density at radius 1 is 1.11 bits per heavy atom. The average molecular weight is 429 g/mol. The van der Waals surface area contributed by atoms with Gasteiger partial charge in [0.15, 0.2) is 0 Å². The summed E-state index contributed by atoms with van der Waals surface area (Å²) < 4.78 is 54.8. The van der Waals surface area contributed by atoms with E-state index in [9.17, 15) is 16.8 Å². The zero-order valence-electron chi connectivity index (χ0n) is 15.6. The predicted octanol–water partition coefficient (Wildman–Crippen LogP) is 3.59. The molecule has 0 unspecified atom stereocenters. The van der Waals surface area contributed by atoms with Crippen LogP contribution in [0.15, 0.2) is 40.1 Å². The molecule has 3 rings (SSSR count). The SMILES string of the molecule is Cc1cc(S(=O)(=O)Nc2ccc(S(=O)(=O)N3CCC[C@H](C)C3)cc2)c(C)s1. The number of nitrogens with zero attached hydrogens (tertiary/aromatic N) is 1. The minimum atomic E-state index is -3.70. The van der Waals surface area contributed by atoms with Crippen LogP contribution in [0.4, 0.5) is 5.69 Å². The van der Waals surface area contributed by atoms with E-state index in [1.165, 1.54) is 39.9 Å². The lowest BCUT2D eigenvalue weighted by Crippen LogP contribution is -2.39. The lowest BCUT2D eigenvalue weighted by Gasteiger charge is -2.30. The summed E-state index contributed by atoms with van der Waals surface area (Å²) in [5.74, 6) is 0.344. The molecule has 1 N–H and O–H groups in total. The minimum Gasteiger partial charge on any atom is -0.280 e. The predicted molar refractivity (Wildman–Crippen MR) is 108 cm³/mol. The molecule has 2 aromatic rings. The molecule has 1 aliphatic heterocycles. The smallest absolute Gasteiger partial charge is 0.262 e. The number of piperidine rings is 1.